The van der Waals surface area contributed by atoms with Crippen LogP contribution in [0.1, 0.15) is 25.3 Å². The quantitative estimate of drug-likeness (QED) is 0.803. The number of nitrogens with one attached hydrogen (secondary N) is 1. The number of hydrogen-bond acceptors (Lipinski definition) is 3. The Morgan fingerprint density at radius 3 is 2.58 bits per heavy atom. The number of rotatable bonds is 8. The second kappa shape index (κ2) is 7.88. The summed E-state index contributed by atoms with van der Waals surface area (Å²) in [4.78, 5) is 0. The SMILES string of the molecule is CCNC(CCCS(C)(=O)=O)Cc1ccccc1Cl. The van der Waals surface area contributed by atoms with Crippen LogP contribution in [-0.2, 0) is 16.3 Å². The van der Waals surface area contributed by atoms with Gasteiger partial charge in [0.1, 0.15) is 9.84 Å². The highest BCUT2D eigenvalue weighted by Crippen LogP contribution is 2.18. The van der Waals surface area contributed by atoms with Crippen LogP contribution in [0.15, 0.2) is 24.3 Å². The molecule has 0 heterocycles. The van der Waals surface area contributed by atoms with Crippen molar-refractivity contribution in [3.8, 4) is 0 Å². The van der Waals surface area contributed by atoms with E-state index in [1.54, 1.807) is 0 Å². The maximum atomic E-state index is 11.1. The van der Waals surface area contributed by atoms with Crippen LogP contribution < -0.4 is 5.32 Å². The topological polar surface area (TPSA) is 46.2 Å². The Bertz CT molecular complexity index is 488. The maximum absolute atomic E-state index is 11.1. The summed E-state index contributed by atoms with van der Waals surface area (Å²) < 4.78 is 22.3. The van der Waals surface area contributed by atoms with Crippen molar-refractivity contribution in [3.05, 3.63) is 34.9 Å². The van der Waals surface area contributed by atoms with Gasteiger partial charge in [-0.25, -0.2) is 8.42 Å². The van der Waals surface area contributed by atoms with Crippen molar-refractivity contribution in [2.45, 2.75) is 32.2 Å². The molecule has 0 saturated heterocycles. The van der Waals surface area contributed by atoms with Crippen LogP contribution in [0.5, 0.6) is 0 Å². The van der Waals surface area contributed by atoms with Crippen LogP contribution in [0.25, 0.3) is 0 Å². The van der Waals surface area contributed by atoms with Crippen LogP contribution in [-0.4, -0.2) is 33.0 Å². The summed E-state index contributed by atoms with van der Waals surface area (Å²) in [6.07, 6.45) is 3.63. The zero-order chi connectivity index (χ0) is 14.3. The average Bonchev–Trinajstić information content (AvgIpc) is 2.30. The molecule has 0 aliphatic rings. The fraction of sp³-hybridized carbons (Fsp3) is 0.571. The summed E-state index contributed by atoms with van der Waals surface area (Å²) in [7, 11) is -2.87. The number of halogens is 1. The van der Waals surface area contributed by atoms with E-state index in [2.05, 4.69) is 12.2 Å². The van der Waals surface area contributed by atoms with E-state index in [-0.39, 0.29) is 11.8 Å². The molecule has 108 valence electrons. The van der Waals surface area contributed by atoms with E-state index in [9.17, 15) is 8.42 Å². The smallest absolute Gasteiger partial charge is 0.147 e. The Hall–Kier alpha value is -0.580. The Labute approximate surface area is 121 Å². The zero-order valence-electron chi connectivity index (χ0n) is 11.5. The minimum absolute atomic E-state index is 0.247. The second-order valence-corrected chi connectivity index (χ2v) is 7.49. The van der Waals surface area contributed by atoms with E-state index < -0.39 is 9.84 Å². The molecule has 0 bridgehead atoms. The van der Waals surface area contributed by atoms with Crippen molar-refractivity contribution < 1.29 is 8.42 Å². The van der Waals surface area contributed by atoms with Gasteiger partial charge in [-0.15, -0.1) is 0 Å². The van der Waals surface area contributed by atoms with Crippen LogP contribution in [0.2, 0.25) is 5.02 Å². The van der Waals surface area contributed by atoms with E-state index in [1.165, 1.54) is 6.26 Å². The van der Waals surface area contributed by atoms with Crippen LogP contribution >= 0.6 is 11.6 Å². The monoisotopic (exact) mass is 303 g/mol. The lowest BCUT2D eigenvalue weighted by molar-refractivity contribution is 0.484. The summed E-state index contributed by atoms with van der Waals surface area (Å²) >= 11 is 6.15. The van der Waals surface area contributed by atoms with Crippen LogP contribution in [0.4, 0.5) is 0 Å². The first-order valence-electron chi connectivity index (χ1n) is 6.57. The second-order valence-electron chi connectivity index (χ2n) is 4.82. The van der Waals surface area contributed by atoms with Gasteiger partial charge >= 0.3 is 0 Å². The highest BCUT2D eigenvalue weighted by Gasteiger charge is 2.12. The predicted molar refractivity (Wildman–Crippen MR) is 81.6 cm³/mol. The third-order valence-electron chi connectivity index (χ3n) is 2.98. The molecule has 0 aliphatic carbocycles. The number of hydrogen-bond donors (Lipinski definition) is 1. The fourth-order valence-corrected chi connectivity index (χ4v) is 2.99. The van der Waals surface area contributed by atoms with Crippen molar-refractivity contribution in [1.29, 1.82) is 0 Å². The lowest BCUT2D eigenvalue weighted by Crippen LogP contribution is -2.31. The molecule has 0 spiro atoms. The molecule has 1 aromatic carbocycles. The molecule has 0 amide bonds. The molecule has 0 saturated carbocycles. The van der Waals surface area contributed by atoms with Gasteiger partial charge in [0.25, 0.3) is 0 Å². The standard InChI is InChI=1S/C14H22ClNO2S/c1-3-16-13(8-6-10-19(2,17)18)11-12-7-4-5-9-14(12)15/h4-5,7,9,13,16H,3,6,8,10-11H2,1-2H3. The molecule has 1 atom stereocenters. The molecular formula is C14H22ClNO2S. The first kappa shape index (κ1) is 16.5. The summed E-state index contributed by atoms with van der Waals surface area (Å²) in [5.41, 5.74) is 1.11. The van der Waals surface area contributed by atoms with E-state index in [0.717, 1.165) is 30.0 Å². The molecule has 0 aromatic heterocycles. The normalized spacial score (nSPS) is 13.4. The van der Waals surface area contributed by atoms with Crippen LogP contribution in [0.3, 0.4) is 0 Å². The average molecular weight is 304 g/mol. The van der Waals surface area contributed by atoms with E-state index in [0.29, 0.717) is 6.42 Å². The van der Waals surface area contributed by atoms with E-state index >= 15 is 0 Å². The molecule has 0 fully saturated rings. The summed E-state index contributed by atoms with van der Waals surface area (Å²) in [6, 6.07) is 8.06. The molecule has 1 rings (SSSR count). The van der Waals surface area contributed by atoms with Gasteiger partial charge in [-0.05, 0) is 37.4 Å². The van der Waals surface area contributed by atoms with E-state index in [1.807, 2.05) is 24.3 Å². The number of sulfone groups is 1. The van der Waals surface area contributed by atoms with Gasteiger partial charge in [0.05, 0.1) is 0 Å². The van der Waals surface area contributed by atoms with Gasteiger partial charge in [0.15, 0.2) is 0 Å². The molecule has 5 heteroatoms. The van der Waals surface area contributed by atoms with Gasteiger partial charge in [-0.1, -0.05) is 36.7 Å². The summed E-state index contributed by atoms with van der Waals surface area (Å²) in [6.45, 7) is 2.92. The molecule has 0 radical (unpaired) electrons. The van der Waals surface area contributed by atoms with Gasteiger partial charge < -0.3 is 5.32 Å². The first-order valence-corrected chi connectivity index (χ1v) is 9.00. The summed E-state index contributed by atoms with van der Waals surface area (Å²) in [5, 5.41) is 4.16. The Morgan fingerprint density at radius 2 is 2.00 bits per heavy atom. The van der Waals surface area contributed by atoms with Crippen molar-refractivity contribution in [3.63, 3.8) is 0 Å². The molecule has 3 nitrogen and oxygen atoms in total. The van der Waals surface area contributed by atoms with Gasteiger partial charge in [-0.3, -0.25) is 0 Å². The predicted octanol–water partition coefficient (Wildman–Crippen LogP) is 2.69. The molecular weight excluding hydrogens is 282 g/mol. The Balaban J connectivity index is 2.55. The lowest BCUT2D eigenvalue weighted by atomic mass is 10.0. The van der Waals surface area contributed by atoms with Crippen molar-refractivity contribution >= 4 is 21.4 Å². The maximum Gasteiger partial charge on any atom is 0.147 e. The fourth-order valence-electron chi connectivity index (χ4n) is 2.09. The summed E-state index contributed by atoms with van der Waals surface area (Å²) in [5.74, 6) is 0.247. The Kier molecular flexibility index (Phi) is 6.83. The highest BCUT2D eigenvalue weighted by molar-refractivity contribution is 7.90. The van der Waals surface area contributed by atoms with Gasteiger partial charge in [-0.2, -0.15) is 0 Å². The van der Waals surface area contributed by atoms with Crippen molar-refractivity contribution in [1.82, 2.24) is 5.32 Å². The van der Waals surface area contributed by atoms with Gasteiger partial charge in [0.2, 0.25) is 0 Å². The number of likely N-dealkylation sites (N-methyl/N-ethyl adjacent to an activating group) is 1. The van der Waals surface area contributed by atoms with Crippen molar-refractivity contribution in [2.75, 3.05) is 18.6 Å². The zero-order valence-corrected chi connectivity index (χ0v) is 13.1. The third-order valence-corrected chi connectivity index (χ3v) is 4.38. The largest absolute Gasteiger partial charge is 0.314 e. The molecule has 1 N–H and O–H groups in total. The Morgan fingerprint density at radius 1 is 1.32 bits per heavy atom. The third kappa shape index (κ3) is 6.95. The van der Waals surface area contributed by atoms with Crippen LogP contribution in [0, 0.1) is 0 Å². The lowest BCUT2D eigenvalue weighted by Gasteiger charge is -2.18. The molecule has 1 unspecified atom stereocenters. The first-order chi connectivity index (χ1) is 8.92. The minimum Gasteiger partial charge on any atom is -0.314 e. The van der Waals surface area contributed by atoms with E-state index in [4.69, 9.17) is 11.6 Å². The van der Waals surface area contributed by atoms with Crippen molar-refractivity contribution in [2.24, 2.45) is 0 Å². The molecule has 1 aromatic rings. The molecule has 0 aliphatic heterocycles. The number of benzene rings is 1. The highest BCUT2D eigenvalue weighted by atomic mass is 35.5. The molecule has 19 heavy (non-hydrogen) atoms. The minimum atomic E-state index is -2.87. The van der Waals surface area contributed by atoms with Gasteiger partial charge in [0, 0.05) is 23.1 Å².